The normalized spacial score (nSPS) is 16.2. The summed E-state index contributed by atoms with van der Waals surface area (Å²) in [7, 11) is 2.01. The Bertz CT molecular complexity index is 494. The molecule has 1 aromatic carbocycles. The van der Waals surface area contributed by atoms with Crippen molar-refractivity contribution in [2.24, 2.45) is 0 Å². The van der Waals surface area contributed by atoms with Crippen molar-refractivity contribution in [2.45, 2.75) is 31.8 Å². The lowest BCUT2D eigenvalue weighted by Gasteiger charge is -2.24. The number of hydrogen-bond acceptors (Lipinski definition) is 3. The Kier molecular flexibility index (Phi) is 4.23. The number of nitrogens with two attached hydrogens (primary N) is 1. The van der Waals surface area contributed by atoms with Crippen LogP contribution in [0.25, 0.3) is 0 Å². The number of rotatable bonds is 5. The second kappa shape index (κ2) is 5.75. The van der Waals surface area contributed by atoms with Crippen LogP contribution in [0.1, 0.15) is 30.1 Å². The van der Waals surface area contributed by atoms with Crippen LogP contribution in [0, 0.1) is 11.6 Å². The summed E-state index contributed by atoms with van der Waals surface area (Å²) in [6, 6.07) is 2.66. The van der Waals surface area contributed by atoms with Crippen molar-refractivity contribution in [3.8, 4) is 0 Å². The van der Waals surface area contributed by atoms with E-state index < -0.39 is 23.2 Å². The van der Waals surface area contributed by atoms with Crippen molar-refractivity contribution in [1.29, 1.82) is 0 Å². The molecule has 1 atom stereocenters. The Balaban J connectivity index is 1.94. The zero-order chi connectivity index (χ0) is 14.9. The van der Waals surface area contributed by atoms with E-state index in [0.717, 1.165) is 12.1 Å². The van der Waals surface area contributed by atoms with Crippen molar-refractivity contribution in [3.63, 3.8) is 0 Å². The smallest absolute Gasteiger partial charge is 0.251 e. The summed E-state index contributed by atoms with van der Waals surface area (Å²) in [5.41, 5.74) is 4.54. The first kappa shape index (κ1) is 14.7. The summed E-state index contributed by atoms with van der Waals surface area (Å²) >= 11 is 0. The second-order valence-corrected chi connectivity index (χ2v) is 5.31. The first-order valence-electron chi connectivity index (χ1n) is 6.64. The maximum absolute atomic E-state index is 13.3. The number of halogens is 2. The fourth-order valence-corrected chi connectivity index (χ4v) is 2.04. The van der Waals surface area contributed by atoms with Crippen LogP contribution in [0.5, 0.6) is 0 Å². The van der Waals surface area contributed by atoms with Gasteiger partial charge in [-0.3, -0.25) is 9.69 Å². The van der Waals surface area contributed by atoms with Crippen LogP contribution in [0.3, 0.4) is 0 Å². The molecule has 4 nitrogen and oxygen atoms in total. The summed E-state index contributed by atoms with van der Waals surface area (Å²) < 4.78 is 26.6. The Morgan fingerprint density at radius 3 is 2.50 bits per heavy atom. The van der Waals surface area contributed by atoms with Gasteiger partial charge in [0.25, 0.3) is 5.91 Å². The molecule has 1 unspecified atom stereocenters. The molecule has 2 rings (SSSR count). The third kappa shape index (κ3) is 3.25. The van der Waals surface area contributed by atoms with Gasteiger partial charge in [0.05, 0.1) is 0 Å². The quantitative estimate of drug-likeness (QED) is 0.810. The third-order valence-electron chi connectivity index (χ3n) is 3.72. The zero-order valence-corrected chi connectivity index (χ0v) is 11.6. The van der Waals surface area contributed by atoms with E-state index in [-0.39, 0.29) is 11.6 Å². The molecule has 3 N–H and O–H groups in total. The molecule has 1 aliphatic carbocycles. The van der Waals surface area contributed by atoms with Gasteiger partial charge >= 0.3 is 0 Å². The van der Waals surface area contributed by atoms with E-state index in [2.05, 4.69) is 10.2 Å². The van der Waals surface area contributed by atoms with Crippen LogP contribution in [0.2, 0.25) is 0 Å². The number of hydrogen-bond donors (Lipinski definition) is 2. The molecule has 0 spiro atoms. The van der Waals surface area contributed by atoms with Crippen LogP contribution < -0.4 is 11.1 Å². The maximum Gasteiger partial charge on any atom is 0.251 e. The van der Waals surface area contributed by atoms with Gasteiger partial charge < -0.3 is 11.1 Å². The SMILES string of the molecule is CC(CNC(=O)c1cc(F)c(N)c(F)c1)N(C)C1CC1. The Morgan fingerprint density at radius 2 is 2.00 bits per heavy atom. The van der Waals surface area contributed by atoms with Gasteiger partial charge in [0.2, 0.25) is 0 Å². The summed E-state index contributed by atoms with van der Waals surface area (Å²) in [6.07, 6.45) is 2.37. The van der Waals surface area contributed by atoms with Crippen LogP contribution >= 0.6 is 0 Å². The number of nitrogens with zero attached hydrogens (tertiary/aromatic N) is 1. The second-order valence-electron chi connectivity index (χ2n) is 5.31. The van der Waals surface area contributed by atoms with Crippen molar-refractivity contribution in [3.05, 3.63) is 29.3 Å². The number of anilines is 1. The molecule has 1 aromatic rings. The molecule has 1 amide bonds. The molecule has 6 heteroatoms. The zero-order valence-electron chi connectivity index (χ0n) is 11.6. The lowest BCUT2D eigenvalue weighted by atomic mass is 10.1. The molecule has 0 radical (unpaired) electrons. The number of likely N-dealkylation sites (N-methyl/N-ethyl adjacent to an activating group) is 1. The van der Waals surface area contributed by atoms with Crippen molar-refractivity contribution >= 4 is 11.6 Å². The standard InChI is InChI=1S/C14H19F2N3O/c1-8(19(2)10-3-4-10)7-18-14(20)9-5-11(15)13(17)12(16)6-9/h5-6,8,10H,3-4,7,17H2,1-2H3,(H,18,20). The predicted octanol–water partition coefficient (Wildman–Crippen LogP) is 1.76. The number of nitrogen functional groups attached to an aromatic ring is 1. The topological polar surface area (TPSA) is 58.4 Å². The summed E-state index contributed by atoms with van der Waals surface area (Å²) in [6.45, 7) is 2.43. The number of amides is 1. The maximum atomic E-state index is 13.3. The van der Waals surface area contributed by atoms with Gasteiger partial charge in [0.15, 0.2) is 0 Å². The van der Waals surface area contributed by atoms with Crippen molar-refractivity contribution < 1.29 is 13.6 Å². The van der Waals surface area contributed by atoms with Crippen LogP contribution in [0.15, 0.2) is 12.1 Å². The first-order chi connectivity index (χ1) is 9.40. The van der Waals surface area contributed by atoms with E-state index in [1.807, 2.05) is 14.0 Å². The van der Waals surface area contributed by atoms with Crippen LogP contribution in [0.4, 0.5) is 14.5 Å². The average Bonchev–Trinajstić information content (AvgIpc) is 3.24. The van der Waals surface area contributed by atoms with Crippen molar-refractivity contribution in [1.82, 2.24) is 10.2 Å². The lowest BCUT2D eigenvalue weighted by molar-refractivity contribution is 0.0938. The highest BCUT2D eigenvalue weighted by atomic mass is 19.1. The molecule has 1 aliphatic rings. The van der Waals surface area contributed by atoms with E-state index in [4.69, 9.17) is 5.73 Å². The molecule has 0 aliphatic heterocycles. The highest BCUT2D eigenvalue weighted by Crippen LogP contribution is 2.26. The van der Waals surface area contributed by atoms with Crippen molar-refractivity contribution in [2.75, 3.05) is 19.3 Å². The van der Waals surface area contributed by atoms with Gasteiger partial charge in [0.1, 0.15) is 17.3 Å². The monoisotopic (exact) mass is 283 g/mol. The molecule has 110 valence electrons. The number of nitrogens with one attached hydrogen (secondary N) is 1. The highest BCUT2D eigenvalue weighted by Gasteiger charge is 2.29. The van der Waals surface area contributed by atoms with Gasteiger partial charge in [-0.25, -0.2) is 8.78 Å². The summed E-state index contributed by atoms with van der Waals surface area (Å²) in [5.74, 6) is -2.34. The van der Waals surface area contributed by atoms with E-state index in [1.54, 1.807) is 0 Å². The highest BCUT2D eigenvalue weighted by molar-refractivity contribution is 5.94. The molecule has 0 bridgehead atoms. The average molecular weight is 283 g/mol. The fourth-order valence-electron chi connectivity index (χ4n) is 2.04. The minimum atomic E-state index is -0.918. The molecule has 1 saturated carbocycles. The number of carbonyl (C=O) groups is 1. The Hall–Kier alpha value is -1.69. The van der Waals surface area contributed by atoms with Crippen LogP contribution in [-0.4, -0.2) is 36.5 Å². The molecule has 0 heterocycles. The van der Waals surface area contributed by atoms with Gasteiger partial charge in [-0.15, -0.1) is 0 Å². The van der Waals surface area contributed by atoms with E-state index in [1.165, 1.54) is 12.8 Å². The molecule has 0 saturated heterocycles. The van der Waals surface area contributed by atoms with Gasteiger partial charge in [0, 0.05) is 24.2 Å². The molecule has 20 heavy (non-hydrogen) atoms. The Morgan fingerprint density at radius 1 is 1.45 bits per heavy atom. The van der Waals surface area contributed by atoms with Gasteiger partial charge in [-0.1, -0.05) is 0 Å². The molecular formula is C14H19F2N3O. The van der Waals surface area contributed by atoms with Crippen LogP contribution in [-0.2, 0) is 0 Å². The molecule has 1 fully saturated rings. The molecular weight excluding hydrogens is 264 g/mol. The lowest BCUT2D eigenvalue weighted by Crippen LogP contribution is -2.41. The van der Waals surface area contributed by atoms with Gasteiger partial charge in [-0.2, -0.15) is 0 Å². The minimum Gasteiger partial charge on any atom is -0.394 e. The Labute approximate surface area is 116 Å². The predicted molar refractivity (Wildman–Crippen MR) is 73.4 cm³/mol. The summed E-state index contributed by atoms with van der Waals surface area (Å²) in [4.78, 5) is 14.1. The third-order valence-corrected chi connectivity index (χ3v) is 3.72. The number of carbonyl (C=O) groups excluding carboxylic acids is 1. The van der Waals surface area contributed by atoms with Gasteiger partial charge in [-0.05, 0) is 38.9 Å². The summed E-state index contributed by atoms with van der Waals surface area (Å²) in [5, 5.41) is 2.68. The fraction of sp³-hybridized carbons (Fsp3) is 0.500. The minimum absolute atomic E-state index is 0.0597. The first-order valence-corrected chi connectivity index (χ1v) is 6.64. The van der Waals surface area contributed by atoms with E-state index in [0.29, 0.717) is 12.6 Å². The number of benzene rings is 1. The largest absolute Gasteiger partial charge is 0.394 e. The van der Waals surface area contributed by atoms with E-state index in [9.17, 15) is 13.6 Å². The molecule has 0 aromatic heterocycles. The van der Waals surface area contributed by atoms with E-state index >= 15 is 0 Å².